The first-order valence-electron chi connectivity index (χ1n) is 7.92. The van der Waals surface area contributed by atoms with Gasteiger partial charge in [0.1, 0.15) is 21.9 Å². The van der Waals surface area contributed by atoms with Crippen LogP contribution in [-0.4, -0.2) is 33.1 Å². The number of aromatic nitrogens is 2. The maximum absolute atomic E-state index is 12.3. The second kappa shape index (κ2) is 7.09. The van der Waals surface area contributed by atoms with Crippen molar-refractivity contribution in [1.29, 1.82) is 0 Å². The van der Waals surface area contributed by atoms with E-state index in [2.05, 4.69) is 15.3 Å². The van der Waals surface area contributed by atoms with Crippen molar-refractivity contribution >= 4 is 45.0 Å². The smallest absolute Gasteiger partial charge is 0.348 e. The summed E-state index contributed by atoms with van der Waals surface area (Å²) in [5, 5.41) is 13.0. The summed E-state index contributed by atoms with van der Waals surface area (Å²) in [6.45, 7) is 5.41. The van der Waals surface area contributed by atoms with Crippen LogP contribution in [-0.2, 0) is 4.74 Å². The molecule has 2 heterocycles. The van der Waals surface area contributed by atoms with Gasteiger partial charge in [0.25, 0.3) is 0 Å². The van der Waals surface area contributed by atoms with Crippen molar-refractivity contribution in [3.05, 3.63) is 46.6 Å². The van der Waals surface area contributed by atoms with Gasteiger partial charge in [0, 0.05) is 5.69 Å². The quantitative estimate of drug-likeness (QED) is 0.653. The van der Waals surface area contributed by atoms with Crippen LogP contribution >= 0.6 is 11.3 Å². The number of ether oxygens (including phenoxy) is 1. The third-order valence-electron chi connectivity index (χ3n) is 3.63. The molecule has 1 aromatic carbocycles. The number of fused-ring (bicyclic) bond motifs is 1. The van der Waals surface area contributed by atoms with Gasteiger partial charge in [-0.1, -0.05) is 6.07 Å². The van der Waals surface area contributed by atoms with Gasteiger partial charge >= 0.3 is 11.9 Å². The van der Waals surface area contributed by atoms with Crippen molar-refractivity contribution < 1.29 is 19.4 Å². The first-order chi connectivity index (χ1) is 12.4. The molecule has 0 spiro atoms. The molecule has 0 aliphatic carbocycles. The third-order valence-corrected chi connectivity index (χ3v) is 4.81. The Morgan fingerprint density at radius 2 is 2.04 bits per heavy atom. The standard InChI is InChI=1S/C18H17N3O4S/c1-9(2)25-18(24)14-10(3)13-15(19-8-20-16(13)26-14)21-12-6-4-5-11(7-12)17(22)23/h4-9H,1-3H3,(H,22,23)(H,19,20,21). The Labute approximate surface area is 153 Å². The highest BCUT2D eigenvalue weighted by molar-refractivity contribution is 7.20. The second-order valence-electron chi connectivity index (χ2n) is 5.92. The molecule has 0 aliphatic heterocycles. The molecule has 2 N–H and O–H groups in total. The molecular weight excluding hydrogens is 354 g/mol. The van der Waals surface area contributed by atoms with Crippen molar-refractivity contribution in [3.63, 3.8) is 0 Å². The molecule has 8 heteroatoms. The number of nitrogens with zero attached hydrogens (tertiary/aromatic N) is 2. The van der Waals surface area contributed by atoms with E-state index in [1.54, 1.807) is 26.0 Å². The van der Waals surface area contributed by atoms with Crippen LogP contribution < -0.4 is 5.32 Å². The van der Waals surface area contributed by atoms with Gasteiger partial charge in [-0.3, -0.25) is 0 Å². The molecular formula is C18H17N3O4S. The molecule has 0 aliphatic rings. The highest BCUT2D eigenvalue weighted by Gasteiger charge is 2.21. The minimum atomic E-state index is -1.01. The highest BCUT2D eigenvalue weighted by atomic mass is 32.1. The van der Waals surface area contributed by atoms with Gasteiger partial charge in [-0.2, -0.15) is 0 Å². The summed E-state index contributed by atoms with van der Waals surface area (Å²) in [6, 6.07) is 6.43. The zero-order valence-electron chi connectivity index (χ0n) is 14.4. The Bertz CT molecular complexity index is 997. The molecule has 134 valence electrons. The number of rotatable bonds is 5. The van der Waals surface area contributed by atoms with Crippen LogP contribution in [0.25, 0.3) is 10.2 Å². The number of carbonyl (C=O) groups excluding carboxylic acids is 1. The number of aromatic carboxylic acids is 1. The normalized spacial score (nSPS) is 10.9. The molecule has 2 aromatic heterocycles. The van der Waals surface area contributed by atoms with E-state index in [0.29, 0.717) is 26.6 Å². The number of aryl methyl sites for hydroxylation is 1. The Balaban J connectivity index is 2.02. The van der Waals surface area contributed by atoms with E-state index in [1.165, 1.54) is 29.8 Å². The zero-order chi connectivity index (χ0) is 18.8. The van der Waals surface area contributed by atoms with Crippen LogP contribution in [0.4, 0.5) is 11.5 Å². The third kappa shape index (κ3) is 3.50. The molecule has 0 bridgehead atoms. The van der Waals surface area contributed by atoms with Crippen LogP contribution in [0, 0.1) is 6.92 Å². The molecule has 3 rings (SSSR count). The van der Waals surface area contributed by atoms with Gasteiger partial charge in [0.2, 0.25) is 0 Å². The summed E-state index contributed by atoms with van der Waals surface area (Å²) in [6.07, 6.45) is 1.19. The number of carboxylic acids is 1. The lowest BCUT2D eigenvalue weighted by atomic mass is 10.2. The zero-order valence-corrected chi connectivity index (χ0v) is 15.3. The molecule has 3 aromatic rings. The lowest BCUT2D eigenvalue weighted by Crippen LogP contribution is -2.11. The average Bonchev–Trinajstić information content (AvgIpc) is 2.92. The van der Waals surface area contributed by atoms with Crippen LogP contribution in [0.5, 0.6) is 0 Å². The number of anilines is 2. The average molecular weight is 371 g/mol. The number of hydrogen-bond acceptors (Lipinski definition) is 7. The van der Waals surface area contributed by atoms with Crippen molar-refractivity contribution in [2.45, 2.75) is 26.9 Å². The summed E-state index contributed by atoms with van der Waals surface area (Å²) in [5.74, 6) is -0.888. The van der Waals surface area contributed by atoms with Crippen molar-refractivity contribution in [2.75, 3.05) is 5.32 Å². The predicted molar refractivity (Wildman–Crippen MR) is 99.4 cm³/mol. The summed E-state index contributed by atoms with van der Waals surface area (Å²) in [5.41, 5.74) is 1.48. The summed E-state index contributed by atoms with van der Waals surface area (Å²) >= 11 is 1.25. The number of esters is 1. The topological polar surface area (TPSA) is 101 Å². The maximum Gasteiger partial charge on any atom is 0.348 e. The molecule has 0 unspecified atom stereocenters. The van der Waals surface area contributed by atoms with Gasteiger partial charge in [-0.05, 0) is 44.5 Å². The van der Waals surface area contributed by atoms with E-state index < -0.39 is 5.97 Å². The molecule has 0 saturated carbocycles. The lowest BCUT2D eigenvalue weighted by Gasteiger charge is -2.08. The van der Waals surface area contributed by atoms with E-state index in [1.807, 2.05) is 6.92 Å². The fourth-order valence-corrected chi connectivity index (χ4v) is 3.53. The van der Waals surface area contributed by atoms with Crippen LogP contribution in [0.15, 0.2) is 30.6 Å². The Kier molecular flexibility index (Phi) is 4.85. The van der Waals surface area contributed by atoms with E-state index in [9.17, 15) is 9.59 Å². The number of nitrogens with one attached hydrogen (secondary N) is 1. The molecule has 0 saturated heterocycles. The number of hydrogen-bond donors (Lipinski definition) is 2. The number of benzene rings is 1. The first-order valence-corrected chi connectivity index (χ1v) is 8.74. The van der Waals surface area contributed by atoms with Gasteiger partial charge in [-0.25, -0.2) is 19.6 Å². The second-order valence-corrected chi connectivity index (χ2v) is 6.92. The van der Waals surface area contributed by atoms with Crippen molar-refractivity contribution in [3.8, 4) is 0 Å². The molecule has 7 nitrogen and oxygen atoms in total. The summed E-state index contributed by atoms with van der Waals surface area (Å²) < 4.78 is 5.28. The summed E-state index contributed by atoms with van der Waals surface area (Å²) in [4.78, 5) is 33.1. The maximum atomic E-state index is 12.3. The number of carboxylic acid groups (broad SMARTS) is 1. The summed E-state index contributed by atoms with van der Waals surface area (Å²) in [7, 11) is 0. The predicted octanol–water partition coefficient (Wildman–Crippen LogP) is 4.01. The van der Waals surface area contributed by atoms with Gasteiger partial charge < -0.3 is 15.2 Å². The SMILES string of the molecule is Cc1c(C(=O)OC(C)C)sc2ncnc(Nc3cccc(C(=O)O)c3)c12. The number of thiophene rings is 1. The van der Waals surface area contributed by atoms with Gasteiger partial charge in [0.05, 0.1) is 17.1 Å². The molecule has 0 radical (unpaired) electrons. The van der Waals surface area contributed by atoms with E-state index in [0.717, 1.165) is 5.56 Å². The van der Waals surface area contributed by atoms with Crippen LogP contribution in [0.3, 0.4) is 0 Å². The van der Waals surface area contributed by atoms with E-state index in [4.69, 9.17) is 9.84 Å². The van der Waals surface area contributed by atoms with E-state index >= 15 is 0 Å². The first kappa shape index (κ1) is 17.8. The molecule has 0 fully saturated rings. The Morgan fingerprint density at radius 3 is 2.73 bits per heavy atom. The minimum Gasteiger partial charge on any atom is -0.478 e. The molecule has 0 atom stereocenters. The lowest BCUT2D eigenvalue weighted by molar-refractivity contribution is 0.0383. The Morgan fingerprint density at radius 1 is 1.27 bits per heavy atom. The van der Waals surface area contributed by atoms with Crippen LogP contribution in [0.1, 0.15) is 39.4 Å². The van der Waals surface area contributed by atoms with Crippen molar-refractivity contribution in [1.82, 2.24) is 9.97 Å². The van der Waals surface area contributed by atoms with E-state index in [-0.39, 0.29) is 17.6 Å². The van der Waals surface area contributed by atoms with Crippen molar-refractivity contribution in [2.24, 2.45) is 0 Å². The van der Waals surface area contributed by atoms with Gasteiger partial charge in [0.15, 0.2) is 0 Å². The van der Waals surface area contributed by atoms with Gasteiger partial charge in [-0.15, -0.1) is 11.3 Å². The minimum absolute atomic E-state index is 0.170. The fourth-order valence-electron chi connectivity index (χ4n) is 2.50. The molecule has 26 heavy (non-hydrogen) atoms. The fraction of sp³-hybridized carbons (Fsp3) is 0.222. The number of carbonyl (C=O) groups is 2. The largest absolute Gasteiger partial charge is 0.478 e. The monoisotopic (exact) mass is 371 g/mol. The Hall–Kier alpha value is -3.00. The molecule has 0 amide bonds. The highest BCUT2D eigenvalue weighted by Crippen LogP contribution is 2.35. The van der Waals surface area contributed by atoms with Crippen LogP contribution in [0.2, 0.25) is 0 Å².